The second-order valence-electron chi connectivity index (χ2n) is 8.43. The van der Waals surface area contributed by atoms with Gasteiger partial charge < -0.3 is 9.09 Å². The largest absolute Gasteiger partial charge is 0.332 e. The summed E-state index contributed by atoms with van der Waals surface area (Å²) in [5.74, 6) is 0.769. The summed E-state index contributed by atoms with van der Waals surface area (Å²) in [6.07, 6.45) is 3.49. The van der Waals surface area contributed by atoms with Crippen molar-refractivity contribution in [1.29, 1.82) is 0 Å². The summed E-state index contributed by atoms with van der Waals surface area (Å²) >= 11 is 5.94. The Morgan fingerprint density at radius 2 is 1.75 bits per heavy atom. The van der Waals surface area contributed by atoms with Crippen molar-refractivity contribution in [3.05, 3.63) is 101 Å². The zero-order chi connectivity index (χ0) is 25.3. The van der Waals surface area contributed by atoms with Gasteiger partial charge in [-0.1, -0.05) is 41.0 Å². The number of anilines is 1. The van der Waals surface area contributed by atoms with E-state index in [0.717, 1.165) is 16.7 Å². The molecule has 36 heavy (non-hydrogen) atoms. The minimum atomic E-state index is -3.68. The van der Waals surface area contributed by atoms with E-state index >= 15 is 0 Å². The Morgan fingerprint density at radius 3 is 2.50 bits per heavy atom. The standard InChI is InChI=1S/C26H22ClN5O3S/c1-17-3-4-18(2)24(13-17)36(33,34)31-22-11-5-19(6-12-22)14-32-15-23(28-16-32)26-29-25(30-35-26)20-7-9-21(27)10-8-20/h3-13,15-16,31H,14H2,1-2H3. The molecule has 0 atom stereocenters. The van der Waals surface area contributed by atoms with Crippen molar-refractivity contribution in [3.8, 4) is 23.0 Å². The quantitative estimate of drug-likeness (QED) is 0.295. The molecule has 0 spiro atoms. The smallest absolute Gasteiger partial charge is 0.278 e. The van der Waals surface area contributed by atoms with E-state index in [2.05, 4.69) is 19.8 Å². The van der Waals surface area contributed by atoms with Crippen LogP contribution in [-0.2, 0) is 16.6 Å². The van der Waals surface area contributed by atoms with Gasteiger partial charge in [0.25, 0.3) is 15.9 Å². The number of benzene rings is 3. The number of sulfonamides is 1. The molecule has 0 saturated carbocycles. The molecule has 182 valence electrons. The van der Waals surface area contributed by atoms with Crippen molar-refractivity contribution in [2.75, 3.05) is 4.72 Å². The lowest BCUT2D eigenvalue weighted by Crippen LogP contribution is -2.14. The molecule has 0 saturated heterocycles. The summed E-state index contributed by atoms with van der Waals surface area (Å²) in [4.78, 5) is 9.07. The predicted molar refractivity (Wildman–Crippen MR) is 138 cm³/mol. The van der Waals surface area contributed by atoms with Crippen LogP contribution in [0.15, 0.2) is 88.7 Å². The Kier molecular flexibility index (Phi) is 6.34. The van der Waals surface area contributed by atoms with Crippen LogP contribution < -0.4 is 4.72 Å². The van der Waals surface area contributed by atoms with E-state index in [1.54, 1.807) is 49.6 Å². The summed E-state index contributed by atoms with van der Waals surface area (Å²) in [5.41, 5.74) is 4.40. The zero-order valence-corrected chi connectivity index (χ0v) is 21.1. The van der Waals surface area contributed by atoms with E-state index in [1.165, 1.54) is 0 Å². The highest BCUT2D eigenvalue weighted by atomic mass is 35.5. The van der Waals surface area contributed by atoms with E-state index in [-0.39, 0.29) is 4.90 Å². The van der Waals surface area contributed by atoms with E-state index in [4.69, 9.17) is 16.1 Å². The number of hydrogen-bond acceptors (Lipinski definition) is 6. The van der Waals surface area contributed by atoms with Crippen LogP contribution in [0, 0.1) is 13.8 Å². The maximum Gasteiger partial charge on any atom is 0.278 e. The molecule has 2 heterocycles. The first-order valence-corrected chi connectivity index (χ1v) is 12.9. The lowest BCUT2D eigenvalue weighted by molar-refractivity contribution is 0.431. The van der Waals surface area contributed by atoms with E-state index in [0.29, 0.717) is 40.2 Å². The normalized spacial score (nSPS) is 11.5. The number of rotatable bonds is 7. The fraction of sp³-hybridized carbons (Fsp3) is 0.115. The molecular weight excluding hydrogens is 498 g/mol. The summed E-state index contributed by atoms with van der Waals surface area (Å²) in [6, 6.07) is 19.8. The number of imidazole rings is 1. The van der Waals surface area contributed by atoms with Crippen LogP contribution >= 0.6 is 11.6 Å². The Bertz CT molecular complexity index is 1630. The van der Waals surface area contributed by atoms with Gasteiger partial charge >= 0.3 is 0 Å². The van der Waals surface area contributed by atoms with Gasteiger partial charge in [-0.25, -0.2) is 13.4 Å². The second kappa shape index (κ2) is 9.60. The van der Waals surface area contributed by atoms with Crippen LogP contribution in [0.25, 0.3) is 23.0 Å². The Hall–Kier alpha value is -3.95. The molecule has 0 bridgehead atoms. The number of nitrogens with one attached hydrogen (secondary N) is 1. The number of hydrogen-bond donors (Lipinski definition) is 1. The monoisotopic (exact) mass is 519 g/mol. The third-order valence-corrected chi connectivity index (χ3v) is 7.36. The third-order valence-electron chi connectivity index (χ3n) is 5.59. The van der Waals surface area contributed by atoms with Gasteiger partial charge in [0.2, 0.25) is 5.82 Å². The van der Waals surface area contributed by atoms with Gasteiger partial charge in [0, 0.05) is 29.0 Å². The molecule has 0 fully saturated rings. The highest BCUT2D eigenvalue weighted by Crippen LogP contribution is 2.24. The summed E-state index contributed by atoms with van der Waals surface area (Å²) in [7, 11) is -3.68. The molecule has 2 aromatic heterocycles. The molecule has 0 amide bonds. The van der Waals surface area contributed by atoms with Crippen molar-refractivity contribution in [2.24, 2.45) is 0 Å². The van der Waals surface area contributed by atoms with Gasteiger partial charge in [0.05, 0.1) is 11.2 Å². The van der Waals surface area contributed by atoms with Crippen LogP contribution in [-0.4, -0.2) is 28.1 Å². The van der Waals surface area contributed by atoms with Gasteiger partial charge in [-0.2, -0.15) is 4.98 Å². The van der Waals surface area contributed by atoms with Gasteiger partial charge in [0.15, 0.2) is 0 Å². The fourth-order valence-electron chi connectivity index (χ4n) is 3.70. The molecule has 5 aromatic rings. The Balaban J connectivity index is 1.26. The number of halogens is 1. The molecule has 0 aliphatic rings. The third kappa shape index (κ3) is 5.17. The fourth-order valence-corrected chi connectivity index (χ4v) is 5.21. The number of aromatic nitrogens is 4. The van der Waals surface area contributed by atoms with Crippen LogP contribution in [0.4, 0.5) is 5.69 Å². The maximum atomic E-state index is 12.8. The molecule has 8 nitrogen and oxygen atoms in total. The Morgan fingerprint density at radius 1 is 1.00 bits per heavy atom. The number of aryl methyl sites for hydroxylation is 2. The highest BCUT2D eigenvalue weighted by molar-refractivity contribution is 7.92. The average Bonchev–Trinajstić information content (AvgIpc) is 3.52. The molecular formula is C26H22ClN5O3S. The molecule has 0 radical (unpaired) electrons. The van der Waals surface area contributed by atoms with Crippen LogP contribution in [0.3, 0.4) is 0 Å². The first-order chi connectivity index (χ1) is 17.3. The zero-order valence-electron chi connectivity index (χ0n) is 19.5. The predicted octanol–water partition coefficient (Wildman–Crippen LogP) is 5.72. The summed E-state index contributed by atoms with van der Waals surface area (Å²) in [5, 5.41) is 4.65. The molecule has 0 aliphatic heterocycles. The second-order valence-corrected chi connectivity index (χ2v) is 10.5. The van der Waals surface area contributed by atoms with Crippen molar-refractivity contribution < 1.29 is 12.9 Å². The lowest BCUT2D eigenvalue weighted by Gasteiger charge is -2.12. The summed E-state index contributed by atoms with van der Waals surface area (Å²) < 4.78 is 35.6. The molecule has 1 N–H and O–H groups in total. The van der Waals surface area contributed by atoms with E-state index in [1.807, 2.05) is 48.0 Å². The van der Waals surface area contributed by atoms with Crippen LogP contribution in [0.2, 0.25) is 5.02 Å². The maximum absolute atomic E-state index is 12.8. The minimum absolute atomic E-state index is 0.276. The van der Waals surface area contributed by atoms with E-state index in [9.17, 15) is 8.42 Å². The van der Waals surface area contributed by atoms with Gasteiger partial charge in [-0.05, 0) is 73.0 Å². The molecule has 5 rings (SSSR count). The Labute approximate surface area is 213 Å². The summed E-state index contributed by atoms with van der Waals surface area (Å²) in [6.45, 7) is 4.18. The lowest BCUT2D eigenvalue weighted by atomic mass is 10.2. The molecule has 3 aromatic carbocycles. The van der Waals surface area contributed by atoms with Crippen molar-refractivity contribution in [3.63, 3.8) is 0 Å². The molecule has 10 heteroatoms. The van der Waals surface area contributed by atoms with Crippen molar-refractivity contribution in [1.82, 2.24) is 19.7 Å². The topological polar surface area (TPSA) is 103 Å². The SMILES string of the molecule is Cc1ccc(C)c(S(=O)(=O)Nc2ccc(Cn3cnc(-c4nc(-c5ccc(Cl)cc5)no4)c3)cc2)c1. The van der Waals surface area contributed by atoms with Crippen LogP contribution in [0.5, 0.6) is 0 Å². The van der Waals surface area contributed by atoms with Gasteiger partial charge in [-0.15, -0.1) is 0 Å². The van der Waals surface area contributed by atoms with Gasteiger partial charge in [-0.3, -0.25) is 4.72 Å². The number of nitrogens with zero attached hydrogens (tertiary/aromatic N) is 4. The molecule has 0 unspecified atom stereocenters. The van der Waals surface area contributed by atoms with Crippen molar-refractivity contribution >= 4 is 27.3 Å². The highest BCUT2D eigenvalue weighted by Gasteiger charge is 2.17. The molecule has 0 aliphatic carbocycles. The first kappa shape index (κ1) is 23.8. The van der Waals surface area contributed by atoms with Crippen molar-refractivity contribution in [2.45, 2.75) is 25.3 Å². The van der Waals surface area contributed by atoms with Gasteiger partial charge in [0.1, 0.15) is 5.69 Å². The van der Waals surface area contributed by atoms with E-state index < -0.39 is 10.0 Å². The average molecular weight is 520 g/mol. The first-order valence-electron chi connectivity index (χ1n) is 11.1. The minimum Gasteiger partial charge on any atom is -0.332 e. The van der Waals surface area contributed by atoms with Crippen LogP contribution in [0.1, 0.15) is 16.7 Å².